The second-order valence-corrected chi connectivity index (χ2v) is 12.1. The van der Waals surface area contributed by atoms with Gasteiger partial charge in [-0.25, -0.2) is 9.36 Å². The quantitative estimate of drug-likeness (QED) is 0.0445. The molecule has 0 aromatic carbocycles. The van der Waals surface area contributed by atoms with E-state index in [0.717, 1.165) is 38.5 Å². The molecule has 0 aliphatic carbocycles. The number of carbonyl (C=O) groups is 3. The van der Waals surface area contributed by atoms with Crippen molar-refractivity contribution >= 4 is 25.7 Å². The highest BCUT2D eigenvalue weighted by atomic mass is 31.2. The van der Waals surface area contributed by atoms with E-state index in [1.807, 2.05) is 0 Å². The van der Waals surface area contributed by atoms with E-state index in [-0.39, 0.29) is 12.8 Å². The maximum Gasteiger partial charge on any atom is 0.472 e. The molecule has 41 heavy (non-hydrogen) atoms. The fourth-order valence-corrected chi connectivity index (χ4v) is 4.91. The van der Waals surface area contributed by atoms with E-state index in [9.17, 15) is 34.1 Å². The minimum absolute atomic E-state index is 0.149. The molecule has 0 saturated heterocycles. The van der Waals surface area contributed by atoms with Gasteiger partial charge in [-0.3, -0.25) is 18.6 Å². The minimum Gasteiger partial charge on any atom is -0.480 e. The van der Waals surface area contributed by atoms with Gasteiger partial charge in [-0.05, 0) is 12.8 Å². The van der Waals surface area contributed by atoms with Crippen LogP contribution in [0.25, 0.3) is 0 Å². The zero-order valence-corrected chi connectivity index (χ0v) is 26.3. The Morgan fingerprint density at radius 3 is 1.61 bits per heavy atom. The molecule has 0 radical (unpaired) electrons. The lowest BCUT2D eigenvalue weighted by Gasteiger charge is -2.18. The Morgan fingerprint density at radius 2 is 1.12 bits per heavy atom. The lowest BCUT2D eigenvalue weighted by molar-refractivity contribution is -0.147. The van der Waals surface area contributed by atoms with Crippen LogP contribution in [0.5, 0.6) is 0 Å². The number of ether oxygens (including phenoxy) is 1. The summed E-state index contributed by atoms with van der Waals surface area (Å²) in [5.74, 6) is -2.38. The molecule has 0 saturated carbocycles. The second-order valence-electron chi connectivity index (χ2n) is 10.7. The lowest BCUT2D eigenvalue weighted by atomic mass is 10.1. The number of hydrogen-bond acceptors (Lipinski definition) is 8. The summed E-state index contributed by atoms with van der Waals surface area (Å²) in [6.07, 6.45) is 17.5. The molecule has 242 valence electrons. The van der Waals surface area contributed by atoms with Crippen molar-refractivity contribution < 1.29 is 47.8 Å². The van der Waals surface area contributed by atoms with Gasteiger partial charge in [0.05, 0.1) is 13.2 Å². The number of aliphatic carboxylic acids is 1. The van der Waals surface area contributed by atoms with Crippen molar-refractivity contribution in [1.29, 1.82) is 0 Å². The molecular formula is C29H56NO10P. The number of rotatable bonds is 29. The van der Waals surface area contributed by atoms with E-state index >= 15 is 0 Å². The summed E-state index contributed by atoms with van der Waals surface area (Å²) in [4.78, 5) is 45.2. The van der Waals surface area contributed by atoms with Crippen molar-refractivity contribution in [2.75, 3.05) is 19.8 Å². The Labute approximate surface area is 246 Å². The molecule has 0 bridgehead atoms. The van der Waals surface area contributed by atoms with Crippen molar-refractivity contribution in [3.05, 3.63) is 0 Å². The summed E-state index contributed by atoms with van der Waals surface area (Å²) in [5.41, 5.74) is 0. The summed E-state index contributed by atoms with van der Waals surface area (Å²) < 4.78 is 26.5. The summed E-state index contributed by atoms with van der Waals surface area (Å²) in [6.45, 7) is 2.47. The first kappa shape index (κ1) is 39.5. The van der Waals surface area contributed by atoms with E-state index in [0.29, 0.717) is 12.8 Å². The van der Waals surface area contributed by atoms with Gasteiger partial charge < -0.3 is 25.2 Å². The van der Waals surface area contributed by atoms with Crippen LogP contribution in [-0.4, -0.2) is 64.9 Å². The normalized spacial score (nSPS) is 14.2. The number of carboxylic acid groups (broad SMARTS) is 1. The molecule has 0 aliphatic rings. The third-order valence-electron chi connectivity index (χ3n) is 6.65. The van der Waals surface area contributed by atoms with Crippen LogP contribution in [-0.2, 0) is 32.7 Å². The van der Waals surface area contributed by atoms with Gasteiger partial charge in [0.1, 0.15) is 12.7 Å². The van der Waals surface area contributed by atoms with Crippen molar-refractivity contribution in [2.45, 2.75) is 148 Å². The first-order valence-electron chi connectivity index (χ1n) is 15.6. The van der Waals surface area contributed by atoms with Crippen molar-refractivity contribution in [3.63, 3.8) is 0 Å². The number of aliphatic hydroxyl groups excluding tert-OH is 1. The van der Waals surface area contributed by atoms with Crippen molar-refractivity contribution in [2.24, 2.45) is 0 Å². The molecule has 3 unspecified atom stereocenters. The Balaban J connectivity index is 4.06. The van der Waals surface area contributed by atoms with Gasteiger partial charge in [0, 0.05) is 12.8 Å². The fraction of sp³-hybridized carbons (Fsp3) is 0.897. The average molecular weight is 610 g/mol. The highest BCUT2D eigenvalue weighted by Crippen LogP contribution is 2.43. The van der Waals surface area contributed by atoms with Gasteiger partial charge in [-0.15, -0.1) is 0 Å². The monoisotopic (exact) mass is 609 g/mol. The topological polar surface area (TPSA) is 169 Å². The van der Waals surface area contributed by atoms with Gasteiger partial charge in [-0.1, -0.05) is 110 Å². The van der Waals surface area contributed by atoms with Crippen LogP contribution in [0.4, 0.5) is 0 Å². The second kappa shape index (κ2) is 26.1. The summed E-state index contributed by atoms with van der Waals surface area (Å²) >= 11 is 0. The van der Waals surface area contributed by atoms with Crippen LogP contribution in [0.3, 0.4) is 0 Å². The number of carbonyl (C=O) groups excluding carboxylic acids is 2. The Hall–Kier alpha value is -1.52. The van der Waals surface area contributed by atoms with E-state index in [1.54, 1.807) is 0 Å². The van der Waals surface area contributed by atoms with Crippen molar-refractivity contribution in [3.8, 4) is 0 Å². The van der Waals surface area contributed by atoms with Gasteiger partial charge in [0.2, 0.25) is 5.91 Å². The van der Waals surface area contributed by atoms with Gasteiger partial charge in [0.15, 0.2) is 6.04 Å². The lowest BCUT2D eigenvalue weighted by Crippen LogP contribution is -2.43. The molecular weight excluding hydrogens is 553 g/mol. The van der Waals surface area contributed by atoms with Crippen LogP contribution in [0.1, 0.15) is 136 Å². The molecule has 0 heterocycles. The predicted molar refractivity (Wildman–Crippen MR) is 157 cm³/mol. The van der Waals surface area contributed by atoms with Gasteiger partial charge in [0.25, 0.3) is 0 Å². The number of phosphoric ester groups is 1. The Kier molecular flexibility index (Phi) is 25.2. The van der Waals surface area contributed by atoms with E-state index in [2.05, 4.69) is 23.7 Å². The number of aliphatic hydroxyl groups is 1. The number of amides is 1. The van der Waals surface area contributed by atoms with E-state index < -0.39 is 57.6 Å². The molecule has 12 heteroatoms. The standard InChI is InChI=1S/C29H56NO10P/c1-3-5-7-9-11-13-15-17-19-21-28(33)38-22-25(31)23-39-41(36,37)40-24-26(29(34)35)30-27(32)20-18-16-14-12-10-8-6-4-2/h25-26,31H,3-24H2,1-2H3,(H,30,32)(H,34,35)(H,36,37). The third-order valence-corrected chi connectivity index (χ3v) is 7.60. The molecule has 4 N–H and O–H groups in total. The largest absolute Gasteiger partial charge is 0.480 e. The zero-order chi connectivity index (χ0) is 30.8. The van der Waals surface area contributed by atoms with Crippen molar-refractivity contribution in [1.82, 2.24) is 5.32 Å². The van der Waals surface area contributed by atoms with Crippen LogP contribution in [0.2, 0.25) is 0 Å². The minimum atomic E-state index is -4.73. The maximum atomic E-state index is 12.1. The molecule has 0 aromatic heterocycles. The van der Waals surface area contributed by atoms with E-state index in [1.165, 1.54) is 57.8 Å². The highest BCUT2D eigenvalue weighted by molar-refractivity contribution is 7.47. The summed E-state index contributed by atoms with van der Waals surface area (Å²) in [5, 5.41) is 21.5. The predicted octanol–water partition coefficient (Wildman–Crippen LogP) is 6.05. The zero-order valence-electron chi connectivity index (χ0n) is 25.4. The molecule has 0 fully saturated rings. The van der Waals surface area contributed by atoms with Gasteiger partial charge in [-0.2, -0.15) is 0 Å². The third kappa shape index (κ3) is 25.9. The molecule has 0 rings (SSSR count). The Morgan fingerprint density at radius 1 is 0.683 bits per heavy atom. The molecule has 3 atom stereocenters. The van der Waals surface area contributed by atoms with Crippen LogP contribution in [0, 0.1) is 0 Å². The smallest absolute Gasteiger partial charge is 0.472 e. The number of esters is 1. The molecule has 0 aliphatic heterocycles. The number of carboxylic acids is 1. The molecule has 0 spiro atoms. The van der Waals surface area contributed by atoms with E-state index in [4.69, 9.17) is 9.26 Å². The first-order chi connectivity index (χ1) is 19.6. The summed E-state index contributed by atoms with van der Waals surface area (Å²) in [7, 11) is -4.73. The van der Waals surface area contributed by atoms with Crippen LogP contribution in [0.15, 0.2) is 0 Å². The summed E-state index contributed by atoms with van der Waals surface area (Å²) in [6, 6.07) is -1.53. The van der Waals surface area contributed by atoms with Crippen LogP contribution < -0.4 is 5.32 Å². The number of phosphoric acid groups is 1. The Bertz CT molecular complexity index is 736. The maximum absolute atomic E-state index is 12.1. The average Bonchev–Trinajstić information content (AvgIpc) is 2.93. The van der Waals surface area contributed by atoms with Gasteiger partial charge >= 0.3 is 19.8 Å². The first-order valence-corrected chi connectivity index (χ1v) is 17.1. The number of hydrogen-bond donors (Lipinski definition) is 4. The fourth-order valence-electron chi connectivity index (χ4n) is 4.14. The SMILES string of the molecule is CCCCCCCCCCCC(=O)OCC(O)COP(=O)(O)OCC(NC(=O)CCCCCCCCCC)C(=O)O. The molecule has 0 aromatic rings. The highest BCUT2D eigenvalue weighted by Gasteiger charge is 2.28. The molecule has 1 amide bonds. The van der Waals surface area contributed by atoms with Crippen LogP contribution >= 0.6 is 7.82 Å². The molecule has 11 nitrogen and oxygen atoms in total. The number of unbranched alkanes of at least 4 members (excludes halogenated alkanes) is 15. The number of nitrogens with one attached hydrogen (secondary N) is 1.